The van der Waals surface area contributed by atoms with E-state index >= 15 is 0 Å². The van der Waals surface area contributed by atoms with Gasteiger partial charge in [-0.15, -0.1) is 0 Å². The van der Waals surface area contributed by atoms with E-state index in [4.69, 9.17) is 0 Å². The Balaban J connectivity index is 1.65. The van der Waals surface area contributed by atoms with Gasteiger partial charge in [-0.3, -0.25) is 14.4 Å². The molecule has 1 heterocycles. The average Bonchev–Trinajstić information content (AvgIpc) is 2.69. The Morgan fingerprint density at radius 1 is 0.926 bits per heavy atom. The maximum Gasteiger partial charge on any atom is 0.255 e. The highest BCUT2D eigenvalue weighted by atomic mass is 16.2. The molecule has 27 heavy (non-hydrogen) atoms. The fourth-order valence-electron chi connectivity index (χ4n) is 3.13. The lowest BCUT2D eigenvalue weighted by atomic mass is 10.1. The third kappa shape index (κ3) is 4.34. The Hall–Kier alpha value is -3.15. The molecule has 0 saturated carbocycles. The quantitative estimate of drug-likeness (QED) is 0.846. The van der Waals surface area contributed by atoms with Crippen LogP contribution in [-0.4, -0.2) is 54.2 Å². The SMILES string of the molecule is Cc1ccc(NC(=O)c2ccc(C(=O)N3CCN(C=O)CC3)cc2)c(C)c1. The summed E-state index contributed by atoms with van der Waals surface area (Å²) in [7, 11) is 0. The number of rotatable bonds is 4. The standard InChI is InChI=1S/C21H23N3O3/c1-15-3-8-19(16(2)13-15)22-20(26)17-4-6-18(7-5-17)21(27)24-11-9-23(14-25)10-12-24/h3-8,13-14H,9-12H2,1-2H3,(H,22,26). The molecule has 1 fully saturated rings. The molecule has 0 spiro atoms. The van der Waals surface area contributed by atoms with Gasteiger partial charge in [-0.05, 0) is 49.7 Å². The zero-order valence-corrected chi connectivity index (χ0v) is 15.6. The maximum absolute atomic E-state index is 12.6. The number of carbonyl (C=O) groups excluding carboxylic acids is 3. The molecule has 1 saturated heterocycles. The van der Waals surface area contributed by atoms with Gasteiger partial charge >= 0.3 is 0 Å². The third-order valence-electron chi connectivity index (χ3n) is 4.77. The number of benzene rings is 2. The molecule has 0 atom stereocenters. The Bertz CT molecular complexity index is 853. The fourth-order valence-corrected chi connectivity index (χ4v) is 3.13. The van der Waals surface area contributed by atoms with Crippen molar-refractivity contribution in [2.45, 2.75) is 13.8 Å². The second-order valence-corrected chi connectivity index (χ2v) is 6.78. The minimum Gasteiger partial charge on any atom is -0.342 e. The Morgan fingerprint density at radius 2 is 1.56 bits per heavy atom. The van der Waals surface area contributed by atoms with Gasteiger partial charge in [0.2, 0.25) is 6.41 Å². The number of nitrogens with zero attached hydrogens (tertiary/aromatic N) is 2. The smallest absolute Gasteiger partial charge is 0.255 e. The van der Waals surface area contributed by atoms with Crippen LogP contribution in [0.2, 0.25) is 0 Å². The number of carbonyl (C=O) groups is 3. The first-order chi connectivity index (χ1) is 13.0. The summed E-state index contributed by atoms with van der Waals surface area (Å²) in [5, 5.41) is 2.90. The number of aryl methyl sites for hydroxylation is 2. The van der Waals surface area contributed by atoms with Gasteiger partial charge in [0.25, 0.3) is 11.8 Å². The zero-order valence-electron chi connectivity index (χ0n) is 15.6. The van der Waals surface area contributed by atoms with Crippen LogP contribution in [0.15, 0.2) is 42.5 Å². The average molecular weight is 365 g/mol. The summed E-state index contributed by atoms with van der Waals surface area (Å²) in [6.07, 6.45) is 0.811. The summed E-state index contributed by atoms with van der Waals surface area (Å²) in [6, 6.07) is 12.5. The third-order valence-corrected chi connectivity index (χ3v) is 4.77. The number of anilines is 1. The highest BCUT2D eigenvalue weighted by Gasteiger charge is 2.21. The monoisotopic (exact) mass is 365 g/mol. The van der Waals surface area contributed by atoms with Crippen LogP contribution in [-0.2, 0) is 4.79 Å². The lowest BCUT2D eigenvalue weighted by Gasteiger charge is -2.32. The van der Waals surface area contributed by atoms with Crippen molar-refractivity contribution < 1.29 is 14.4 Å². The topological polar surface area (TPSA) is 69.7 Å². The van der Waals surface area contributed by atoms with E-state index in [9.17, 15) is 14.4 Å². The molecule has 3 amide bonds. The molecule has 0 unspecified atom stereocenters. The van der Waals surface area contributed by atoms with Crippen LogP contribution in [0.3, 0.4) is 0 Å². The molecular weight excluding hydrogens is 342 g/mol. The summed E-state index contributed by atoms with van der Waals surface area (Å²) in [4.78, 5) is 39.2. The van der Waals surface area contributed by atoms with E-state index in [-0.39, 0.29) is 11.8 Å². The van der Waals surface area contributed by atoms with E-state index in [0.29, 0.717) is 37.3 Å². The highest BCUT2D eigenvalue weighted by Crippen LogP contribution is 2.17. The predicted octanol–water partition coefficient (Wildman–Crippen LogP) is 2.47. The van der Waals surface area contributed by atoms with Crippen molar-refractivity contribution in [2.75, 3.05) is 31.5 Å². The zero-order chi connectivity index (χ0) is 19.4. The van der Waals surface area contributed by atoms with Crippen LogP contribution in [0.4, 0.5) is 5.69 Å². The van der Waals surface area contributed by atoms with E-state index in [1.165, 1.54) is 0 Å². The first-order valence-corrected chi connectivity index (χ1v) is 8.95. The fraction of sp³-hybridized carbons (Fsp3) is 0.286. The molecule has 1 N–H and O–H groups in total. The molecule has 6 nitrogen and oxygen atoms in total. The predicted molar refractivity (Wildman–Crippen MR) is 104 cm³/mol. The molecule has 0 bridgehead atoms. The van der Waals surface area contributed by atoms with Crippen LogP contribution in [0.1, 0.15) is 31.8 Å². The highest BCUT2D eigenvalue weighted by molar-refractivity contribution is 6.05. The van der Waals surface area contributed by atoms with E-state index in [1.807, 2.05) is 32.0 Å². The minimum atomic E-state index is -0.208. The molecule has 2 aromatic rings. The van der Waals surface area contributed by atoms with Crippen molar-refractivity contribution in [3.05, 3.63) is 64.7 Å². The van der Waals surface area contributed by atoms with Crippen molar-refractivity contribution in [1.29, 1.82) is 0 Å². The summed E-state index contributed by atoms with van der Waals surface area (Å²) >= 11 is 0. The van der Waals surface area contributed by atoms with E-state index in [0.717, 1.165) is 23.2 Å². The molecule has 1 aliphatic rings. The summed E-state index contributed by atoms with van der Waals surface area (Å²) in [5.74, 6) is -0.289. The van der Waals surface area contributed by atoms with Gasteiger partial charge in [0.05, 0.1) is 0 Å². The normalized spacial score (nSPS) is 14.0. The van der Waals surface area contributed by atoms with Gasteiger partial charge in [0, 0.05) is 43.0 Å². The number of hydrogen-bond acceptors (Lipinski definition) is 3. The van der Waals surface area contributed by atoms with Gasteiger partial charge in [0.1, 0.15) is 0 Å². The maximum atomic E-state index is 12.6. The van der Waals surface area contributed by atoms with Gasteiger partial charge in [-0.25, -0.2) is 0 Å². The Kier molecular flexibility index (Phi) is 5.54. The summed E-state index contributed by atoms with van der Waals surface area (Å²) < 4.78 is 0. The van der Waals surface area contributed by atoms with Gasteiger partial charge < -0.3 is 15.1 Å². The first-order valence-electron chi connectivity index (χ1n) is 8.95. The second kappa shape index (κ2) is 8.03. The van der Waals surface area contributed by atoms with Crippen LogP contribution < -0.4 is 5.32 Å². The number of nitrogens with one attached hydrogen (secondary N) is 1. The van der Waals surface area contributed by atoms with Crippen LogP contribution >= 0.6 is 0 Å². The van der Waals surface area contributed by atoms with Crippen molar-refractivity contribution in [2.24, 2.45) is 0 Å². The molecule has 1 aliphatic heterocycles. The van der Waals surface area contributed by atoms with E-state index < -0.39 is 0 Å². The summed E-state index contributed by atoms with van der Waals surface area (Å²) in [6.45, 7) is 6.10. The molecular formula is C21H23N3O3. The molecule has 3 rings (SSSR count). The lowest BCUT2D eigenvalue weighted by Crippen LogP contribution is -2.48. The van der Waals surface area contributed by atoms with E-state index in [2.05, 4.69) is 5.32 Å². The number of hydrogen-bond donors (Lipinski definition) is 1. The lowest BCUT2D eigenvalue weighted by molar-refractivity contribution is -0.119. The van der Waals surface area contributed by atoms with Crippen molar-refractivity contribution in [1.82, 2.24) is 9.80 Å². The summed E-state index contributed by atoms with van der Waals surface area (Å²) in [5.41, 5.74) is 3.96. The van der Waals surface area contributed by atoms with Gasteiger partial charge in [-0.2, -0.15) is 0 Å². The van der Waals surface area contributed by atoms with Crippen molar-refractivity contribution >= 4 is 23.9 Å². The van der Waals surface area contributed by atoms with Crippen LogP contribution in [0.5, 0.6) is 0 Å². The molecule has 140 valence electrons. The van der Waals surface area contributed by atoms with Gasteiger partial charge in [0.15, 0.2) is 0 Å². The first kappa shape index (κ1) is 18.6. The van der Waals surface area contributed by atoms with Gasteiger partial charge in [-0.1, -0.05) is 17.7 Å². The molecule has 6 heteroatoms. The van der Waals surface area contributed by atoms with Crippen LogP contribution in [0, 0.1) is 13.8 Å². The Labute approximate surface area is 158 Å². The minimum absolute atomic E-state index is 0.0816. The van der Waals surface area contributed by atoms with Crippen LogP contribution in [0.25, 0.3) is 0 Å². The molecule has 0 aliphatic carbocycles. The molecule has 0 radical (unpaired) electrons. The number of amides is 3. The van der Waals surface area contributed by atoms with E-state index in [1.54, 1.807) is 34.1 Å². The molecule has 2 aromatic carbocycles. The second-order valence-electron chi connectivity index (χ2n) is 6.78. The van der Waals surface area contributed by atoms with Crippen molar-refractivity contribution in [3.63, 3.8) is 0 Å². The molecule has 0 aromatic heterocycles. The largest absolute Gasteiger partial charge is 0.342 e. The number of piperazine rings is 1. The Morgan fingerprint density at radius 3 is 2.15 bits per heavy atom. The van der Waals surface area contributed by atoms with Crippen molar-refractivity contribution in [3.8, 4) is 0 Å².